The Morgan fingerprint density at radius 2 is 2.04 bits per heavy atom. The molecule has 3 nitrogen and oxygen atoms in total. The van der Waals surface area contributed by atoms with Crippen LogP contribution in [-0.4, -0.2) is 40.9 Å². The van der Waals surface area contributed by atoms with Gasteiger partial charge in [0.1, 0.15) is 5.75 Å². The Morgan fingerprint density at radius 1 is 1.17 bits per heavy atom. The summed E-state index contributed by atoms with van der Waals surface area (Å²) in [5, 5.41) is 20.3. The molecule has 2 saturated carbocycles. The third kappa shape index (κ3) is 2.89. The van der Waals surface area contributed by atoms with Crippen molar-refractivity contribution in [2.45, 2.75) is 56.5 Å². The largest absolute Gasteiger partial charge is 0.508 e. The van der Waals surface area contributed by atoms with Gasteiger partial charge in [0.2, 0.25) is 0 Å². The van der Waals surface area contributed by atoms with Gasteiger partial charge in [0.25, 0.3) is 0 Å². The number of hydrogen-bond acceptors (Lipinski definition) is 3. The van der Waals surface area contributed by atoms with Gasteiger partial charge >= 0.3 is 0 Å². The summed E-state index contributed by atoms with van der Waals surface area (Å²) in [6.45, 7) is 3.57. The van der Waals surface area contributed by atoms with Crippen LogP contribution < -0.4 is 0 Å². The fraction of sp³-hybridized carbons (Fsp3) is 0.700. The maximum Gasteiger partial charge on any atom is 0.115 e. The molecule has 0 aromatic heterocycles. The van der Waals surface area contributed by atoms with Gasteiger partial charge in [0.05, 0.1) is 6.10 Å². The topological polar surface area (TPSA) is 43.7 Å². The molecule has 1 aliphatic heterocycles. The van der Waals surface area contributed by atoms with Crippen molar-refractivity contribution in [3.05, 3.63) is 29.8 Å². The second kappa shape index (κ2) is 6.10. The number of benzene rings is 1. The van der Waals surface area contributed by atoms with Gasteiger partial charge in [-0.25, -0.2) is 0 Å². The van der Waals surface area contributed by atoms with E-state index in [2.05, 4.69) is 11.0 Å². The fourth-order valence-corrected chi connectivity index (χ4v) is 5.21. The molecule has 0 bridgehead atoms. The van der Waals surface area contributed by atoms with Gasteiger partial charge < -0.3 is 15.1 Å². The first kappa shape index (κ1) is 15.5. The van der Waals surface area contributed by atoms with Gasteiger partial charge in [0, 0.05) is 18.5 Å². The molecule has 3 fully saturated rings. The molecule has 1 heterocycles. The average Bonchev–Trinajstić information content (AvgIpc) is 2.51. The average molecular weight is 315 g/mol. The van der Waals surface area contributed by atoms with E-state index in [1.165, 1.54) is 37.9 Å². The second-order valence-corrected chi connectivity index (χ2v) is 8.15. The SMILES string of the molecule is Oc1cccc(C23CCN(CC4CCC4)CC2CCC(O)C3)c1. The Morgan fingerprint density at radius 3 is 2.78 bits per heavy atom. The van der Waals surface area contributed by atoms with Crippen LogP contribution in [0.5, 0.6) is 5.75 Å². The first-order chi connectivity index (χ1) is 11.2. The van der Waals surface area contributed by atoms with Crippen molar-refractivity contribution in [1.82, 2.24) is 4.90 Å². The zero-order valence-electron chi connectivity index (χ0n) is 14.0. The molecular formula is C20H29NO2. The number of fused-ring (bicyclic) bond motifs is 1. The minimum Gasteiger partial charge on any atom is -0.508 e. The first-order valence-corrected chi connectivity index (χ1v) is 9.36. The zero-order chi connectivity index (χ0) is 15.9. The van der Waals surface area contributed by atoms with Crippen molar-refractivity contribution in [2.75, 3.05) is 19.6 Å². The van der Waals surface area contributed by atoms with Gasteiger partial charge in [-0.05, 0) is 74.6 Å². The van der Waals surface area contributed by atoms with Crippen molar-refractivity contribution < 1.29 is 10.2 Å². The quantitative estimate of drug-likeness (QED) is 0.899. The number of hydrogen-bond donors (Lipinski definition) is 2. The van der Waals surface area contributed by atoms with Crippen LogP contribution in [0.3, 0.4) is 0 Å². The molecule has 3 atom stereocenters. The van der Waals surface area contributed by atoms with E-state index < -0.39 is 0 Å². The fourth-order valence-electron chi connectivity index (χ4n) is 5.21. The molecule has 1 aromatic rings. The van der Waals surface area contributed by atoms with Crippen LogP contribution >= 0.6 is 0 Å². The van der Waals surface area contributed by atoms with Crippen molar-refractivity contribution in [3.63, 3.8) is 0 Å². The summed E-state index contributed by atoms with van der Waals surface area (Å²) in [7, 11) is 0. The standard InChI is InChI=1S/C20H29NO2/c22-18-6-2-5-16(11-18)20-9-10-21(13-15-3-1-4-15)14-17(20)7-8-19(23)12-20/h2,5-6,11,15,17,19,22-23H,1,3-4,7-10,12-14H2. The lowest BCUT2D eigenvalue weighted by molar-refractivity contribution is -0.0106. The molecule has 126 valence electrons. The van der Waals surface area contributed by atoms with E-state index in [-0.39, 0.29) is 11.5 Å². The Balaban J connectivity index is 1.57. The molecule has 0 radical (unpaired) electrons. The highest BCUT2D eigenvalue weighted by Crippen LogP contribution is 2.49. The van der Waals surface area contributed by atoms with Crippen LogP contribution in [0, 0.1) is 11.8 Å². The van der Waals surface area contributed by atoms with Crippen molar-refractivity contribution in [2.24, 2.45) is 11.8 Å². The van der Waals surface area contributed by atoms with Gasteiger partial charge in [-0.1, -0.05) is 18.6 Å². The molecule has 3 unspecified atom stereocenters. The summed E-state index contributed by atoms with van der Waals surface area (Å²) in [6, 6.07) is 7.80. The molecule has 23 heavy (non-hydrogen) atoms. The monoisotopic (exact) mass is 315 g/mol. The highest BCUT2D eigenvalue weighted by atomic mass is 16.3. The summed E-state index contributed by atoms with van der Waals surface area (Å²) in [5.74, 6) is 1.89. The first-order valence-electron chi connectivity index (χ1n) is 9.36. The van der Waals surface area contributed by atoms with Gasteiger partial charge in [0.15, 0.2) is 0 Å². The van der Waals surface area contributed by atoms with Crippen molar-refractivity contribution >= 4 is 0 Å². The predicted molar refractivity (Wildman–Crippen MR) is 91.5 cm³/mol. The molecule has 2 N–H and O–H groups in total. The van der Waals surface area contributed by atoms with E-state index in [1.54, 1.807) is 6.07 Å². The Labute approximate surface area is 139 Å². The molecule has 4 rings (SSSR count). The lowest BCUT2D eigenvalue weighted by atomic mass is 9.58. The summed E-state index contributed by atoms with van der Waals surface area (Å²) < 4.78 is 0. The van der Waals surface area contributed by atoms with Crippen molar-refractivity contribution in [3.8, 4) is 5.75 Å². The molecule has 0 spiro atoms. The van der Waals surface area contributed by atoms with E-state index in [1.807, 2.05) is 12.1 Å². The number of aromatic hydroxyl groups is 1. The van der Waals surface area contributed by atoms with Crippen LogP contribution in [0.1, 0.15) is 50.5 Å². The molecule has 1 aromatic carbocycles. The van der Waals surface area contributed by atoms with Gasteiger partial charge in [-0.2, -0.15) is 0 Å². The maximum atomic E-state index is 10.3. The van der Waals surface area contributed by atoms with E-state index >= 15 is 0 Å². The lowest BCUT2D eigenvalue weighted by Crippen LogP contribution is -2.54. The third-order valence-electron chi connectivity index (χ3n) is 6.74. The van der Waals surface area contributed by atoms with Crippen LogP contribution in [0.4, 0.5) is 0 Å². The molecular weight excluding hydrogens is 286 g/mol. The minimum absolute atomic E-state index is 0.0620. The molecule has 3 aliphatic rings. The van der Waals surface area contributed by atoms with Crippen LogP contribution in [0.2, 0.25) is 0 Å². The Bertz CT molecular complexity index is 556. The smallest absolute Gasteiger partial charge is 0.115 e. The summed E-state index contributed by atoms with van der Waals surface area (Å²) >= 11 is 0. The third-order valence-corrected chi connectivity index (χ3v) is 6.74. The molecule has 2 aliphatic carbocycles. The second-order valence-electron chi connectivity index (χ2n) is 8.15. The van der Waals surface area contributed by atoms with E-state index in [9.17, 15) is 10.2 Å². The maximum absolute atomic E-state index is 10.3. The van der Waals surface area contributed by atoms with E-state index in [0.29, 0.717) is 11.7 Å². The van der Waals surface area contributed by atoms with Gasteiger partial charge in [-0.15, -0.1) is 0 Å². The number of aliphatic hydroxyl groups excluding tert-OH is 1. The number of aliphatic hydroxyl groups is 1. The van der Waals surface area contributed by atoms with E-state index in [0.717, 1.165) is 38.1 Å². The lowest BCUT2D eigenvalue weighted by Gasteiger charge is -2.53. The number of piperidine rings is 1. The molecule has 1 saturated heterocycles. The summed E-state index contributed by atoms with van der Waals surface area (Å²) in [6.07, 6.45) is 8.08. The minimum atomic E-state index is -0.188. The number of nitrogens with zero attached hydrogens (tertiary/aromatic N) is 1. The summed E-state index contributed by atoms with van der Waals surface area (Å²) in [4.78, 5) is 2.67. The van der Waals surface area contributed by atoms with E-state index in [4.69, 9.17) is 0 Å². The molecule has 3 heteroatoms. The highest BCUT2D eigenvalue weighted by molar-refractivity contribution is 5.35. The predicted octanol–water partition coefficient (Wildman–Crippen LogP) is 3.30. The zero-order valence-corrected chi connectivity index (χ0v) is 14.0. The Kier molecular flexibility index (Phi) is 4.10. The van der Waals surface area contributed by atoms with Crippen LogP contribution in [0.25, 0.3) is 0 Å². The van der Waals surface area contributed by atoms with Crippen LogP contribution in [0.15, 0.2) is 24.3 Å². The number of likely N-dealkylation sites (tertiary alicyclic amines) is 1. The highest BCUT2D eigenvalue weighted by Gasteiger charge is 2.48. The van der Waals surface area contributed by atoms with Crippen LogP contribution in [-0.2, 0) is 5.41 Å². The number of phenols is 1. The molecule has 0 amide bonds. The van der Waals surface area contributed by atoms with Crippen molar-refractivity contribution in [1.29, 1.82) is 0 Å². The number of phenolic OH excluding ortho intramolecular Hbond substituents is 1. The normalized spacial score (nSPS) is 35.5. The summed E-state index contributed by atoms with van der Waals surface area (Å²) in [5.41, 5.74) is 1.30. The van der Waals surface area contributed by atoms with Gasteiger partial charge in [-0.3, -0.25) is 0 Å². The number of rotatable bonds is 3. The Hall–Kier alpha value is -1.06.